The van der Waals surface area contributed by atoms with E-state index in [1.165, 1.54) is 0 Å². The largest absolute Gasteiger partial charge is 0.466 e. The number of piperidine rings is 1. The van der Waals surface area contributed by atoms with E-state index in [0.29, 0.717) is 43.1 Å². The highest BCUT2D eigenvalue weighted by Crippen LogP contribution is 2.36. The van der Waals surface area contributed by atoms with Gasteiger partial charge in [0.2, 0.25) is 0 Å². The number of H-pyrrole nitrogens is 1. The van der Waals surface area contributed by atoms with E-state index in [2.05, 4.69) is 9.97 Å². The Morgan fingerprint density at radius 3 is 2.93 bits per heavy atom. The molecule has 4 rings (SSSR count). The lowest BCUT2D eigenvalue weighted by molar-refractivity contribution is -0.158. The van der Waals surface area contributed by atoms with Crippen LogP contribution in [0.1, 0.15) is 35.7 Å². The minimum Gasteiger partial charge on any atom is -0.466 e. The minimum absolute atomic E-state index is 0.0917. The van der Waals surface area contributed by atoms with Crippen molar-refractivity contribution in [3.8, 4) is 0 Å². The molecule has 1 fully saturated rings. The zero-order valence-corrected chi connectivity index (χ0v) is 17.6. The Kier molecular flexibility index (Phi) is 5.77. The van der Waals surface area contributed by atoms with Gasteiger partial charge < -0.3 is 14.6 Å². The van der Waals surface area contributed by atoms with Crippen molar-refractivity contribution in [2.24, 2.45) is 5.41 Å². The standard InChI is InChI=1S/C23H24ClN3O3/c1-2-30-22(29)23(13-16-5-3-6-18(24)11-16)9-4-10-27(14-23)21(28)17-7-8-19-20(12-17)26-15-25-19/h3,5-8,11-12,15H,2,4,9-10,13-14H2,1H3,(H,25,26)/t23-/m0/s1. The third-order valence-corrected chi connectivity index (χ3v) is 5.91. The zero-order chi connectivity index (χ0) is 21.1. The lowest BCUT2D eigenvalue weighted by atomic mass is 9.75. The predicted octanol–water partition coefficient (Wildman–Crippen LogP) is 4.24. The summed E-state index contributed by atoms with van der Waals surface area (Å²) in [5.41, 5.74) is 2.38. The number of nitrogens with one attached hydrogen (secondary N) is 1. The number of benzene rings is 2. The van der Waals surface area contributed by atoms with Gasteiger partial charge >= 0.3 is 5.97 Å². The molecular formula is C23H24ClN3O3. The van der Waals surface area contributed by atoms with Crippen LogP contribution in [0.5, 0.6) is 0 Å². The molecule has 7 heteroatoms. The number of amides is 1. The molecule has 1 saturated heterocycles. The molecule has 1 aliphatic rings. The molecule has 3 aromatic rings. The van der Waals surface area contributed by atoms with Crippen LogP contribution in [-0.2, 0) is 16.0 Å². The van der Waals surface area contributed by atoms with Crippen LogP contribution in [0.3, 0.4) is 0 Å². The Hall–Kier alpha value is -2.86. The van der Waals surface area contributed by atoms with Crippen molar-refractivity contribution in [3.05, 3.63) is 64.9 Å². The lowest BCUT2D eigenvalue weighted by Gasteiger charge is -2.41. The SMILES string of the molecule is CCOC(=O)[C@]1(Cc2cccc(Cl)c2)CCCN(C(=O)c2ccc3nc[nH]c3c2)C1. The molecular weight excluding hydrogens is 402 g/mol. The number of hydrogen-bond donors (Lipinski definition) is 1. The Balaban J connectivity index is 1.62. The molecule has 0 saturated carbocycles. The van der Waals surface area contributed by atoms with Crippen molar-refractivity contribution in [1.29, 1.82) is 0 Å². The Morgan fingerprint density at radius 1 is 1.27 bits per heavy atom. The number of aromatic nitrogens is 2. The third kappa shape index (κ3) is 4.05. The van der Waals surface area contributed by atoms with Gasteiger partial charge in [-0.1, -0.05) is 23.7 Å². The molecule has 2 heterocycles. The van der Waals surface area contributed by atoms with Crippen LogP contribution >= 0.6 is 11.6 Å². The van der Waals surface area contributed by atoms with E-state index in [1.807, 2.05) is 36.4 Å². The summed E-state index contributed by atoms with van der Waals surface area (Å²) in [6.45, 7) is 3.03. The Bertz CT molecular complexity index is 1080. The first-order valence-electron chi connectivity index (χ1n) is 10.1. The van der Waals surface area contributed by atoms with Gasteiger partial charge in [0.05, 0.1) is 29.4 Å². The summed E-state index contributed by atoms with van der Waals surface area (Å²) in [6, 6.07) is 12.9. The highest BCUT2D eigenvalue weighted by molar-refractivity contribution is 6.30. The molecule has 30 heavy (non-hydrogen) atoms. The second-order valence-electron chi connectivity index (χ2n) is 7.77. The number of ether oxygens (including phenoxy) is 1. The van der Waals surface area contributed by atoms with Crippen LogP contribution in [0.2, 0.25) is 5.02 Å². The first-order chi connectivity index (χ1) is 14.5. The maximum absolute atomic E-state index is 13.3. The smallest absolute Gasteiger partial charge is 0.314 e. The Labute approximate surface area is 180 Å². The van der Waals surface area contributed by atoms with Gasteiger partial charge in [0.25, 0.3) is 5.91 Å². The number of aromatic amines is 1. The van der Waals surface area contributed by atoms with E-state index in [0.717, 1.165) is 23.0 Å². The summed E-state index contributed by atoms with van der Waals surface area (Å²) < 4.78 is 5.45. The summed E-state index contributed by atoms with van der Waals surface area (Å²) >= 11 is 6.16. The van der Waals surface area contributed by atoms with E-state index >= 15 is 0 Å². The highest BCUT2D eigenvalue weighted by Gasteiger charge is 2.45. The summed E-state index contributed by atoms with van der Waals surface area (Å²) in [5, 5.41) is 0.628. The maximum Gasteiger partial charge on any atom is 0.314 e. The molecule has 156 valence electrons. The topological polar surface area (TPSA) is 75.3 Å². The third-order valence-electron chi connectivity index (χ3n) is 5.67. The molecule has 1 aromatic heterocycles. The number of hydrogen-bond acceptors (Lipinski definition) is 4. The second kappa shape index (κ2) is 8.48. The van der Waals surface area contributed by atoms with Gasteiger partial charge in [0, 0.05) is 23.7 Å². The van der Waals surface area contributed by atoms with E-state index < -0.39 is 5.41 Å². The van der Waals surface area contributed by atoms with Gasteiger partial charge in [-0.3, -0.25) is 9.59 Å². The molecule has 1 aliphatic heterocycles. The first-order valence-corrected chi connectivity index (χ1v) is 10.5. The number of halogens is 1. The van der Waals surface area contributed by atoms with Crippen LogP contribution in [-0.4, -0.2) is 46.4 Å². The molecule has 1 N–H and O–H groups in total. The quantitative estimate of drug-likeness (QED) is 0.620. The number of likely N-dealkylation sites (tertiary alicyclic amines) is 1. The number of carbonyl (C=O) groups is 2. The normalized spacial score (nSPS) is 19.1. The number of fused-ring (bicyclic) bond motifs is 1. The van der Waals surface area contributed by atoms with Crippen molar-refractivity contribution in [3.63, 3.8) is 0 Å². The van der Waals surface area contributed by atoms with Crippen LogP contribution in [0.15, 0.2) is 48.8 Å². The van der Waals surface area contributed by atoms with Gasteiger partial charge in [0.15, 0.2) is 0 Å². The number of nitrogens with zero attached hydrogens (tertiary/aromatic N) is 2. The molecule has 0 unspecified atom stereocenters. The van der Waals surface area contributed by atoms with Gasteiger partial charge in [-0.25, -0.2) is 4.98 Å². The highest BCUT2D eigenvalue weighted by atomic mass is 35.5. The lowest BCUT2D eigenvalue weighted by Crippen LogP contribution is -2.51. The predicted molar refractivity (Wildman–Crippen MR) is 115 cm³/mol. The number of carbonyl (C=O) groups excluding carboxylic acids is 2. The van der Waals surface area contributed by atoms with Gasteiger partial charge in [-0.05, 0) is 62.1 Å². The van der Waals surface area contributed by atoms with Crippen molar-refractivity contribution < 1.29 is 14.3 Å². The average molecular weight is 426 g/mol. The fraction of sp³-hybridized carbons (Fsp3) is 0.348. The maximum atomic E-state index is 13.3. The summed E-state index contributed by atoms with van der Waals surface area (Å²) in [4.78, 5) is 35.3. The minimum atomic E-state index is -0.785. The fourth-order valence-electron chi connectivity index (χ4n) is 4.26. The van der Waals surface area contributed by atoms with Crippen LogP contribution in [0.4, 0.5) is 0 Å². The summed E-state index contributed by atoms with van der Waals surface area (Å²) in [5.74, 6) is -0.350. The molecule has 1 atom stereocenters. The van der Waals surface area contributed by atoms with Crippen LogP contribution < -0.4 is 0 Å². The van der Waals surface area contributed by atoms with Crippen molar-refractivity contribution in [2.75, 3.05) is 19.7 Å². The summed E-state index contributed by atoms with van der Waals surface area (Å²) in [6.07, 6.45) is 3.49. The van der Waals surface area contributed by atoms with Crippen LogP contribution in [0, 0.1) is 5.41 Å². The molecule has 1 amide bonds. The first kappa shape index (κ1) is 20.4. The second-order valence-corrected chi connectivity index (χ2v) is 8.21. The zero-order valence-electron chi connectivity index (χ0n) is 16.9. The van der Waals surface area contributed by atoms with Gasteiger partial charge in [-0.2, -0.15) is 0 Å². The number of imidazole rings is 1. The number of rotatable bonds is 5. The monoisotopic (exact) mass is 425 g/mol. The average Bonchev–Trinajstić information content (AvgIpc) is 3.21. The molecule has 0 spiro atoms. The Morgan fingerprint density at radius 2 is 2.13 bits per heavy atom. The van der Waals surface area contributed by atoms with Crippen LogP contribution in [0.25, 0.3) is 11.0 Å². The molecule has 6 nitrogen and oxygen atoms in total. The van der Waals surface area contributed by atoms with E-state index in [1.54, 1.807) is 24.2 Å². The van der Waals surface area contributed by atoms with Crippen molar-refractivity contribution in [2.45, 2.75) is 26.2 Å². The summed E-state index contributed by atoms with van der Waals surface area (Å²) in [7, 11) is 0. The van der Waals surface area contributed by atoms with E-state index in [9.17, 15) is 9.59 Å². The number of esters is 1. The van der Waals surface area contributed by atoms with Gasteiger partial charge in [-0.15, -0.1) is 0 Å². The van der Waals surface area contributed by atoms with Gasteiger partial charge in [0.1, 0.15) is 0 Å². The van der Waals surface area contributed by atoms with Crippen molar-refractivity contribution in [1.82, 2.24) is 14.9 Å². The fourth-order valence-corrected chi connectivity index (χ4v) is 4.47. The van der Waals surface area contributed by atoms with E-state index in [4.69, 9.17) is 16.3 Å². The van der Waals surface area contributed by atoms with E-state index in [-0.39, 0.29) is 11.9 Å². The molecule has 0 radical (unpaired) electrons. The van der Waals surface area contributed by atoms with Crippen molar-refractivity contribution >= 4 is 34.5 Å². The molecule has 2 aromatic carbocycles. The molecule has 0 aliphatic carbocycles. The molecule has 0 bridgehead atoms.